The molecule has 0 radical (unpaired) electrons. The number of ether oxygens (including phenoxy) is 2. The molecule has 0 saturated carbocycles. The summed E-state index contributed by atoms with van der Waals surface area (Å²) in [5.41, 5.74) is -1.30. The number of esters is 2. The molecule has 22 heavy (non-hydrogen) atoms. The Labute approximate surface area is 162 Å². The fourth-order valence-corrected chi connectivity index (χ4v) is 2.23. The summed E-state index contributed by atoms with van der Waals surface area (Å²) in [5.74, 6) is -1.29. The number of carbonyl (C=O) groups excluding carboxylic acids is 2. The second-order valence-corrected chi connectivity index (χ2v) is 7.65. The quantitative estimate of drug-likeness (QED) is 0.433. The number of thiophene rings is 1. The van der Waals surface area contributed by atoms with Gasteiger partial charge in [0.2, 0.25) is 0 Å². The van der Waals surface area contributed by atoms with Gasteiger partial charge in [-0.1, -0.05) is 5.38 Å². The molecule has 0 aliphatic carbocycles. The number of halogens is 2. The van der Waals surface area contributed by atoms with Gasteiger partial charge in [0, 0.05) is 0 Å². The predicted octanol–water partition coefficient (Wildman–Crippen LogP) is 0.735. The molecule has 0 N–H and O–H groups in total. The first-order chi connectivity index (χ1) is 8.91. The maximum Gasteiger partial charge on any atom is 2.00 e. The standard InChI is InChI=1S/C14H18ClO4S.ClH.Mg/c1-13(2,3)18-11(16)8-7-20-10(15)9(8)12(17)19-14(4,5)6;;/h1-6H3;1H;/q-1;;+2/p-1. The Morgan fingerprint density at radius 1 is 1.00 bits per heavy atom. The number of hydrogen-bond acceptors (Lipinski definition) is 5. The average molecular weight is 378 g/mol. The van der Waals surface area contributed by atoms with E-state index < -0.39 is 23.1 Å². The van der Waals surface area contributed by atoms with Gasteiger partial charge in [-0.05, 0) is 57.0 Å². The molecule has 0 bridgehead atoms. The topological polar surface area (TPSA) is 52.6 Å². The number of rotatable bonds is 2. The van der Waals surface area contributed by atoms with Crippen LogP contribution in [0.15, 0.2) is 0 Å². The molecular formula is C14H18Cl2MgO4S. The first kappa shape index (κ1) is 24.2. The third-order valence-corrected chi connectivity index (χ3v) is 3.01. The Bertz CT molecular complexity index is 530. The van der Waals surface area contributed by atoms with Crippen molar-refractivity contribution in [3.63, 3.8) is 0 Å². The zero-order chi connectivity index (χ0) is 15.7. The third kappa shape index (κ3) is 7.50. The minimum atomic E-state index is -0.673. The van der Waals surface area contributed by atoms with Crippen LogP contribution in [0.4, 0.5) is 0 Å². The van der Waals surface area contributed by atoms with Crippen molar-refractivity contribution in [2.75, 3.05) is 0 Å². The van der Waals surface area contributed by atoms with Gasteiger partial charge in [0.05, 0.1) is 5.60 Å². The van der Waals surface area contributed by atoms with Crippen LogP contribution in [0.3, 0.4) is 0 Å². The molecule has 0 amide bonds. The average Bonchev–Trinajstić information content (AvgIpc) is 2.54. The monoisotopic (exact) mass is 376 g/mol. The van der Waals surface area contributed by atoms with Crippen LogP contribution < -0.4 is 12.4 Å². The zero-order valence-electron chi connectivity index (χ0n) is 13.5. The molecule has 1 aromatic heterocycles. The minimum absolute atomic E-state index is 0. The summed E-state index contributed by atoms with van der Waals surface area (Å²) >= 11 is 6.94. The van der Waals surface area contributed by atoms with Crippen LogP contribution in [0.5, 0.6) is 0 Å². The molecule has 0 saturated heterocycles. The SMILES string of the molecule is CC(C)(C)OC(=O)c1[c-]sc(Cl)c1C(=O)OC(C)(C)C.[Cl-].[Mg+2]. The Morgan fingerprint density at radius 2 is 1.41 bits per heavy atom. The molecule has 8 heteroatoms. The van der Waals surface area contributed by atoms with Gasteiger partial charge in [-0.2, -0.15) is 0 Å². The van der Waals surface area contributed by atoms with Crippen molar-refractivity contribution in [1.29, 1.82) is 0 Å². The normalized spacial score (nSPS) is 11.0. The summed E-state index contributed by atoms with van der Waals surface area (Å²) in [6.45, 7) is 10.4. The van der Waals surface area contributed by atoms with Gasteiger partial charge in [-0.25, -0.2) is 11.3 Å². The Hall–Kier alpha value is -0.0138. The van der Waals surface area contributed by atoms with E-state index in [9.17, 15) is 9.59 Å². The summed E-state index contributed by atoms with van der Waals surface area (Å²) in [7, 11) is 0. The summed E-state index contributed by atoms with van der Waals surface area (Å²) in [6, 6.07) is 0. The van der Waals surface area contributed by atoms with Crippen molar-refractivity contribution in [1.82, 2.24) is 0 Å². The molecule has 0 spiro atoms. The van der Waals surface area contributed by atoms with E-state index in [1.54, 1.807) is 41.5 Å². The van der Waals surface area contributed by atoms with Gasteiger partial charge >= 0.3 is 23.1 Å². The van der Waals surface area contributed by atoms with Crippen LogP contribution >= 0.6 is 22.9 Å². The van der Waals surface area contributed by atoms with E-state index in [2.05, 4.69) is 5.38 Å². The van der Waals surface area contributed by atoms with Crippen LogP contribution in [0, 0.1) is 5.38 Å². The first-order valence-corrected chi connectivity index (χ1v) is 7.27. The maximum absolute atomic E-state index is 12.1. The molecule has 0 unspecified atom stereocenters. The molecule has 0 atom stereocenters. The second kappa shape index (κ2) is 8.73. The van der Waals surface area contributed by atoms with Gasteiger partial charge in [-0.15, -0.1) is 11.6 Å². The Balaban J connectivity index is 0. The fourth-order valence-electron chi connectivity index (χ4n) is 1.28. The fraction of sp³-hybridized carbons (Fsp3) is 0.571. The first-order valence-electron chi connectivity index (χ1n) is 6.07. The molecule has 0 fully saturated rings. The molecule has 0 aliphatic heterocycles. The van der Waals surface area contributed by atoms with Crippen LogP contribution in [-0.4, -0.2) is 46.2 Å². The molecule has 0 aliphatic rings. The summed E-state index contributed by atoms with van der Waals surface area (Å²) in [4.78, 5) is 24.2. The largest absolute Gasteiger partial charge is 2.00 e. The van der Waals surface area contributed by atoms with Crippen LogP contribution in [0.25, 0.3) is 0 Å². The van der Waals surface area contributed by atoms with Gasteiger partial charge in [0.25, 0.3) is 11.9 Å². The van der Waals surface area contributed by atoms with Crippen molar-refractivity contribution in [2.24, 2.45) is 0 Å². The van der Waals surface area contributed by atoms with Crippen LogP contribution in [-0.2, 0) is 9.47 Å². The minimum Gasteiger partial charge on any atom is -1.00 e. The number of carbonyl (C=O) groups is 2. The van der Waals surface area contributed by atoms with Gasteiger partial charge in [-0.3, -0.25) is 4.79 Å². The summed E-state index contributed by atoms with van der Waals surface area (Å²) < 4.78 is 10.6. The van der Waals surface area contributed by atoms with E-state index >= 15 is 0 Å². The van der Waals surface area contributed by atoms with E-state index in [-0.39, 0.29) is 50.9 Å². The van der Waals surface area contributed by atoms with E-state index in [4.69, 9.17) is 21.1 Å². The molecule has 1 aromatic rings. The molecular weight excluding hydrogens is 359 g/mol. The van der Waals surface area contributed by atoms with E-state index in [0.717, 1.165) is 11.3 Å². The smallest absolute Gasteiger partial charge is 1.00 e. The molecule has 120 valence electrons. The molecule has 1 rings (SSSR count). The van der Waals surface area contributed by atoms with Gasteiger partial charge < -0.3 is 26.7 Å². The summed E-state index contributed by atoms with van der Waals surface area (Å²) in [6.07, 6.45) is 0. The van der Waals surface area contributed by atoms with Crippen molar-refractivity contribution in [3.05, 3.63) is 20.8 Å². The van der Waals surface area contributed by atoms with Crippen molar-refractivity contribution >= 4 is 57.9 Å². The third-order valence-electron chi connectivity index (χ3n) is 1.90. The molecule has 1 heterocycles. The van der Waals surface area contributed by atoms with E-state index in [1.165, 1.54) is 0 Å². The second-order valence-electron chi connectivity index (χ2n) is 6.23. The maximum atomic E-state index is 12.1. The van der Waals surface area contributed by atoms with Gasteiger partial charge in [0.15, 0.2) is 0 Å². The predicted molar refractivity (Wildman–Crippen MR) is 84.3 cm³/mol. The Morgan fingerprint density at radius 3 is 1.82 bits per heavy atom. The number of hydrogen-bond donors (Lipinski definition) is 0. The van der Waals surface area contributed by atoms with Crippen molar-refractivity contribution in [3.8, 4) is 0 Å². The molecule has 0 aromatic carbocycles. The van der Waals surface area contributed by atoms with E-state index in [1.807, 2.05) is 0 Å². The van der Waals surface area contributed by atoms with Gasteiger partial charge in [0.1, 0.15) is 5.60 Å². The Kier molecular flexibility index (Phi) is 9.62. The molecule has 4 nitrogen and oxygen atoms in total. The van der Waals surface area contributed by atoms with E-state index in [0.29, 0.717) is 0 Å². The van der Waals surface area contributed by atoms with Crippen molar-refractivity contribution < 1.29 is 31.5 Å². The summed E-state index contributed by atoms with van der Waals surface area (Å²) in [5, 5.41) is 2.70. The van der Waals surface area contributed by atoms with Crippen LogP contribution in [0.2, 0.25) is 4.34 Å². The van der Waals surface area contributed by atoms with Crippen molar-refractivity contribution in [2.45, 2.75) is 52.7 Å². The zero-order valence-corrected chi connectivity index (χ0v) is 17.2. The van der Waals surface area contributed by atoms with Crippen LogP contribution in [0.1, 0.15) is 62.3 Å².